The SMILES string of the molecule is Oc1ccc(CCN=CCCCC=NCCc2ccc(O)cc2)cc1. The Hall–Kier alpha value is -2.62. The Morgan fingerprint density at radius 2 is 1.04 bits per heavy atom. The lowest BCUT2D eigenvalue weighted by Crippen LogP contribution is -1.91. The maximum absolute atomic E-state index is 9.22. The number of rotatable bonds is 10. The molecule has 2 N–H and O–H groups in total. The highest BCUT2D eigenvalue weighted by atomic mass is 16.3. The predicted octanol–water partition coefficient (Wildman–Crippen LogP) is 4.19. The number of unbranched alkanes of at least 4 members (excludes halogenated alkanes) is 2. The van der Waals surface area contributed by atoms with Crippen LogP contribution in [0.4, 0.5) is 0 Å². The summed E-state index contributed by atoms with van der Waals surface area (Å²) in [4.78, 5) is 8.83. The lowest BCUT2D eigenvalue weighted by atomic mass is 10.1. The minimum Gasteiger partial charge on any atom is -0.508 e. The zero-order chi connectivity index (χ0) is 17.7. The molecule has 25 heavy (non-hydrogen) atoms. The van der Waals surface area contributed by atoms with Crippen molar-refractivity contribution in [1.29, 1.82) is 0 Å². The molecule has 0 spiro atoms. The zero-order valence-corrected chi connectivity index (χ0v) is 14.5. The molecule has 4 nitrogen and oxygen atoms in total. The molecule has 0 radical (unpaired) electrons. The van der Waals surface area contributed by atoms with E-state index in [9.17, 15) is 10.2 Å². The molecule has 0 heterocycles. The van der Waals surface area contributed by atoms with Gasteiger partial charge in [0.25, 0.3) is 0 Å². The van der Waals surface area contributed by atoms with E-state index in [0.717, 1.165) is 45.2 Å². The van der Waals surface area contributed by atoms with Crippen molar-refractivity contribution in [2.45, 2.75) is 32.1 Å². The molecular weight excluding hydrogens is 312 g/mol. The first-order valence-electron chi connectivity index (χ1n) is 8.76. The van der Waals surface area contributed by atoms with Gasteiger partial charge < -0.3 is 10.2 Å². The Morgan fingerprint density at radius 1 is 0.640 bits per heavy atom. The van der Waals surface area contributed by atoms with Crippen molar-refractivity contribution in [2.24, 2.45) is 9.98 Å². The van der Waals surface area contributed by atoms with Gasteiger partial charge in [-0.15, -0.1) is 0 Å². The summed E-state index contributed by atoms with van der Waals surface area (Å²) in [5, 5.41) is 18.4. The second-order valence-electron chi connectivity index (χ2n) is 5.94. The molecule has 0 saturated heterocycles. The standard InChI is InChI=1S/C21H26N2O2/c24-20-8-4-18(5-9-20)12-16-22-14-2-1-3-15-23-17-13-19-6-10-21(25)11-7-19/h4-11,14-15,24-25H,1-3,12-13,16-17H2. The Balaban J connectivity index is 1.48. The number of benzene rings is 2. The van der Waals surface area contributed by atoms with Crippen LogP contribution in [-0.2, 0) is 12.8 Å². The Bertz CT molecular complexity index is 602. The molecular formula is C21H26N2O2. The highest BCUT2D eigenvalue weighted by Crippen LogP contribution is 2.10. The van der Waals surface area contributed by atoms with Crippen molar-refractivity contribution in [3.8, 4) is 11.5 Å². The van der Waals surface area contributed by atoms with E-state index >= 15 is 0 Å². The number of phenols is 2. The Morgan fingerprint density at radius 3 is 1.44 bits per heavy atom. The van der Waals surface area contributed by atoms with Crippen LogP contribution in [0.2, 0.25) is 0 Å². The van der Waals surface area contributed by atoms with E-state index in [2.05, 4.69) is 9.98 Å². The number of hydrogen-bond donors (Lipinski definition) is 2. The van der Waals surface area contributed by atoms with Crippen LogP contribution in [0, 0.1) is 0 Å². The predicted molar refractivity (Wildman–Crippen MR) is 104 cm³/mol. The molecule has 0 saturated carbocycles. The van der Waals surface area contributed by atoms with Crippen LogP contribution >= 0.6 is 0 Å². The van der Waals surface area contributed by atoms with Gasteiger partial charge in [-0.1, -0.05) is 24.3 Å². The van der Waals surface area contributed by atoms with Crippen LogP contribution in [0.1, 0.15) is 30.4 Å². The number of nitrogens with zero attached hydrogens (tertiary/aromatic N) is 2. The molecule has 0 aliphatic heterocycles. The fraction of sp³-hybridized carbons (Fsp3) is 0.333. The molecule has 2 rings (SSSR count). The third-order valence-electron chi connectivity index (χ3n) is 3.86. The van der Waals surface area contributed by atoms with Crippen molar-refractivity contribution in [3.05, 3.63) is 59.7 Å². The van der Waals surface area contributed by atoms with E-state index in [-0.39, 0.29) is 0 Å². The van der Waals surface area contributed by atoms with E-state index in [1.54, 1.807) is 24.3 Å². The van der Waals surface area contributed by atoms with Gasteiger partial charge in [0.05, 0.1) is 0 Å². The summed E-state index contributed by atoms with van der Waals surface area (Å²) < 4.78 is 0. The topological polar surface area (TPSA) is 65.2 Å². The summed E-state index contributed by atoms with van der Waals surface area (Å²) in [7, 11) is 0. The summed E-state index contributed by atoms with van der Waals surface area (Å²) in [5.41, 5.74) is 2.38. The Kier molecular flexibility index (Phi) is 8.25. The highest BCUT2D eigenvalue weighted by Gasteiger charge is 1.93. The van der Waals surface area contributed by atoms with Crippen LogP contribution in [0.5, 0.6) is 11.5 Å². The number of aliphatic imine (C=N–C) groups is 2. The molecule has 2 aromatic rings. The van der Waals surface area contributed by atoms with Gasteiger partial charge >= 0.3 is 0 Å². The molecule has 132 valence electrons. The van der Waals surface area contributed by atoms with E-state index in [1.807, 2.05) is 36.7 Å². The first-order chi connectivity index (χ1) is 12.2. The van der Waals surface area contributed by atoms with Crippen LogP contribution in [-0.4, -0.2) is 35.7 Å². The van der Waals surface area contributed by atoms with Gasteiger partial charge in [-0.2, -0.15) is 0 Å². The number of hydrogen-bond acceptors (Lipinski definition) is 4. The summed E-state index contributed by atoms with van der Waals surface area (Å²) in [5.74, 6) is 0.606. The molecule has 0 atom stereocenters. The van der Waals surface area contributed by atoms with Crippen LogP contribution in [0.15, 0.2) is 58.5 Å². The number of aromatic hydroxyl groups is 2. The van der Waals surface area contributed by atoms with Crippen molar-refractivity contribution in [2.75, 3.05) is 13.1 Å². The molecule has 0 aromatic heterocycles. The molecule has 0 aliphatic carbocycles. The van der Waals surface area contributed by atoms with E-state index in [0.29, 0.717) is 11.5 Å². The average Bonchev–Trinajstić information content (AvgIpc) is 2.63. The first-order valence-corrected chi connectivity index (χ1v) is 8.76. The fourth-order valence-corrected chi connectivity index (χ4v) is 2.38. The number of phenolic OH excluding ortho intramolecular Hbond substituents is 2. The molecule has 2 aromatic carbocycles. The average molecular weight is 338 g/mol. The minimum absolute atomic E-state index is 0.303. The van der Waals surface area contributed by atoms with Gasteiger partial charge in [0, 0.05) is 13.1 Å². The van der Waals surface area contributed by atoms with Gasteiger partial charge in [-0.3, -0.25) is 9.98 Å². The summed E-state index contributed by atoms with van der Waals surface area (Å²) >= 11 is 0. The van der Waals surface area contributed by atoms with E-state index in [1.165, 1.54) is 11.1 Å². The van der Waals surface area contributed by atoms with Crippen molar-refractivity contribution < 1.29 is 10.2 Å². The summed E-state index contributed by atoms with van der Waals surface area (Å²) in [6.07, 6.45) is 8.78. The first kappa shape index (κ1) is 18.7. The largest absolute Gasteiger partial charge is 0.508 e. The molecule has 0 amide bonds. The Labute approximate surface area is 149 Å². The lowest BCUT2D eigenvalue weighted by Gasteiger charge is -1.98. The lowest BCUT2D eigenvalue weighted by molar-refractivity contribution is 0.474. The second kappa shape index (κ2) is 11.0. The van der Waals surface area contributed by atoms with Crippen molar-refractivity contribution >= 4 is 12.4 Å². The fourth-order valence-electron chi connectivity index (χ4n) is 2.38. The van der Waals surface area contributed by atoms with Gasteiger partial charge in [0.15, 0.2) is 0 Å². The second-order valence-corrected chi connectivity index (χ2v) is 5.94. The highest BCUT2D eigenvalue weighted by molar-refractivity contribution is 5.60. The van der Waals surface area contributed by atoms with Gasteiger partial charge in [-0.25, -0.2) is 0 Å². The third kappa shape index (κ3) is 8.15. The van der Waals surface area contributed by atoms with Crippen LogP contribution in [0.3, 0.4) is 0 Å². The van der Waals surface area contributed by atoms with Crippen molar-refractivity contribution in [3.63, 3.8) is 0 Å². The quantitative estimate of drug-likeness (QED) is 0.504. The molecule has 0 fully saturated rings. The van der Waals surface area contributed by atoms with Gasteiger partial charge in [0.2, 0.25) is 0 Å². The van der Waals surface area contributed by atoms with Gasteiger partial charge in [-0.05, 0) is 79.9 Å². The van der Waals surface area contributed by atoms with Gasteiger partial charge in [0.1, 0.15) is 11.5 Å². The summed E-state index contributed by atoms with van der Waals surface area (Å²) in [6, 6.07) is 14.6. The summed E-state index contributed by atoms with van der Waals surface area (Å²) in [6.45, 7) is 1.57. The monoisotopic (exact) mass is 338 g/mol. The molecule has 0 bridgehead atoms. The zero-order valence-electron chi connectivity index (χ0n) is 14.5. The maximum atomic E-state index is 9.22. The minimum atomic E-state index is 0.303. The molecule has 0 unspecified atom stereocenters. The van der Waals surface area contributed by atoms with E-state index < -0.39 is 0 Å². The normalized spacial score (nSPS) is 11.5. The molecule has 0 aliphatic rings. The van der Waals surface area contributed by atoms with Crippen LogP contribution < -0.4 is 0 Å². The van der Waals surface area contributed by atoms with E-state index in [4.69, 9.17) is 0 Å². The van der Waals surface area contributed by atoms with Crippen molar-refractivity contribution in [1.82, 2.24) is 0 Å². The maximum Gasteiger partial charge on any atom is 0.115 e. The van der Waals surface area contributed by atoms with Crippen LogP contribution in [0.25, 0.3) is 0 Å². The third-order valence-corrected chi connectivity index (χ3v) is 3.86. The smallest absolute Gasteiger partial charge is 0.115 e. The molecule has 4 heteroatoms.